The van der Waals surface area contributed by atoms with Gasteiger partial charge in [-0.2, -0.15) is 0 Å². The van der Waals surface area contributed by atoms with Crippen LogP contribution in [0.15, 0.2) is 417 Å². The molecule has 28 aromatic rings. The molecule has 0 bridgehead atoms. The third-order valence-electron chi connectivity index (χ3n) is 24.4. The van der Waals surface area contributed by atoms with Crippen LogP contribution in [-0.4, -0.2) is 136 Å². The SMILES string of the molecule is c1ccc(-n2c3ccccc3c3c4nc(-c5cncnc5)n(-c5cncnc5)c4ccc32)cc1.c1ccc(-n2c3ccccc3c3c4nc(-c5cncnc5)n(-c5cncnc5)c4ccc32)cc1.c1ccc(-n2c3ccccc3c3c4nc(-c5cncnc5)n(-c5cncnc5)c4ccc32)cc1.c1ccc(-n2c3ccccc3c3c4nc(-c5cncnc5)n(-c5cncnc5)c4ccc32)cc1. The summed E-state index contributed by atoms with van der Waals surface area (Å²) in [4.78, 5) is 88.4. The molecule has 0 amide bonds. The topological polar surface area (TPSA) is 297 Å². The van der Waals surface area contributed by atoms with E-state index in [0.717, 1.165) is 222 Å². The molecule has 0 radical (unpaired) electrons. The summed E-state index contributed by atoms with van der Waals surface area (Å²) in [6, 6.07) is 92.6. The molecule has 0 aliphatic carbocycles. The van der Waals surface area contributed by atoms with Gasteiger partial charge in [0.2, 0.25) is 0 Å². The molecule has 0 spiro atoms. The Hall–Kier alpha value is -19.6. The van der Waals surface area contributed by atoms with Gasteiger partial charge in [0.1, 0.15) is 73.9 Å². The second-order valence-corrected chi connectivity index (χ2v) is 32.0. The van der Waals surface area contributed by atoms with Crippen molar-refractivity contribution < 1.29 is 0 Å². The number of benzene rings is 12. The van der Waals surface area contributed by atoms with Crippen molar-refractivity contribution in [2.75, 3.05) is 0 Å². The summed E-state index contributed by atoms with van der Waals surface area (Å²) in [5, 5.41) is 9.01. The van der Waals surface area contributed by atoms with E-state index in [1.54, 1.807) is 99.1 Å². The third-order valence-corrected chi connectivity index (χ3v) is 24.4. The second kappa shape index (κ2) is 33.5. The average molecular weight is 1760 g/mol. The summed E-state index contributed by atoms with van der Waals surface area (Å²) in [5.41, 5.74) is 27.5. The molecule has 0 N–H and O–H groups in total. The first-order valence-electron chi connectivity index (χ1n) is 43.6. The van der Waals surface area contributed by atoms with Gasteiger partial charge in [0.05, 0.1) is 183 Å². The van der Waals surface area contributed by atoms with E-state index < -0.39 is 0 Å². The van der Waals surface area contributed by atoms with Crippen LogP contribution in [0, 0.1) is 0 Å². The van der Waals surface area contributed by atoms with Crippen molar-refractivity contribution in [1.82, 2.24) is 136 Å². The summed E-state index contributed by atoms with van der Waals surface area (Å²) in [6.07, 6.45) is 40.7. The van der Waals surface area contributed by atoms with E-state index >= 15 is 0 Å². The monoisotopic (exact) mass is 1760 g/mol. The third kappa shape index (κ3) is 13.3. The Bertz CT molecular complexity index is 8230. The largest absolute Gasteiger partial charge is 0.309 e. The molecule has 136 heavy (non-hydrogen) atoms. The van der Waals surface area contributed by atoms with Crippen LogP contribution in [0.1, 0.15) is 0 Å². The van der Waals surface area contributed by atoms with E-state index in [1.165, 1.54) is 50.6 Å². The van der Waals surface area contributed by atoms with Gasteiger partial charge >= 0.3 is 0 Å². The van der Waals surface area contributed by atoms with Crippen molar-refractivity contribution in [3.63, 3.8) is 0 Å². The Morgan fingerprint density at radius 1 is 0.132 bits per heavy atom. The lowest BCUT2D eigenvalue weighted by Gasteiger charge is -2.09. The van der Waals surface area contributed by atoms with Crippen molar-refractivity contribution >= 4 is 131 Å². The highest BCUT2D eigenvalue weighted by Crippen LogP contribution is 2.45. The molecule has 0 aliphatic rings. The fourth-order valence-electron chi connectivity index (χ4n) is 18.9. The van der Waals surface area contributed by atoms with Crippen LogP contribution in [0.25, 0.3) is 222 Å². The van der Waals surface area contributed by atoms with E-state index in [-0.39, 0.29) is 0 Å². The van der Waals surface area contributed by atoms with Gasteiger partial charge in [-0.05, 0) is 121 Å². The number of rotatable bonds is 12. The lowest BCUT2D eigenvalue weighted by atomic mass is 10.1. The quantitative estimate of drug-likeness (QED) is 0.110. The highest BCUT2D eigenvalue weighted by molar-refractivity contribution is 6.24. The number of aromatic nitrogens is 28. The van der Waals surface area contributed by atoms with Crippen LogP contribution in [0.4, 0.5) is 0 Å². The zero-order valence-electron chi connectivity index (χ0n) is 71.8. The number of hydrogen-bond donors (Lipinski definition) is 0. The maximum absolute atomic E-state index is 5.16. The molecule has 640 valence electrons. The Balaban J connectivity index is 0.0000000965. The first-order valence-corrected chi connectivity index (χ1v) is 43.6. The first-order chi connectivity index (χ1) is 67.6. The number of nitrogens with zero attached hydrogens (tertiary/aromatic N) is 28. The van der Waals surface area contributed by atoms with E-state index in [2.05, 4.69) is 359 Å². The number of imidazole rings is 4. The molecule has 16 aromatic heterocycles. The summed E-state index contributed by atoms with van der Waals surface area (Å²) in [6.45, 7) is 0. The Kier molecular flexibility index (Phi) is 19.3. The minimum atomic E-state index is 0.745. The molecule has 0 atom stereocenters. The fraction of sp³-hybridized carbons (Fsp3) is 0. The van der Waals surface area contributed by atoms with Crippen LogP contribution < -0.4 is 0 Å². The van der Waals surface area contributed by atoms with Gasteiger partial charge in [0.25, 0.3) is 0 Å². The molecule has 28 nitrogen and oxygen atoms in total. The van der Waals surface area contributed by atoms with Crippen molar-refractivity contribution in [2.45, 2.75) is 0 Å². The van der Waals surface area contributed by atoms with Gasteiger partial charge in [-0.1, -0.05) is 146 Å². The molecule has 16 heterocycles. The zero-order valence-corrected chi connectivity index (χ0v) is 71.8. The second-order valence-electron chi connectivity index (χ2n) is 32.0. The van der Waals surface area contributed by atoms with Crippen molar-refractivity contribution in [2.24, 2.45) is 0 Å². The maximum atomic E-state index is 5.16. The lowest BCUT2D eigenvalue weighted by molar-refractivity contribution is 1.03. The lowest BCUT2D eigenvalue weighted by Crippen LogP contribution is -1.99. The number of fused-ring (bicyclic) bond motifs is 20. The standard InChI is InChI=1S/4C27H17N7/c4*1-2-6-19(7-3-1)33-22-9-5-4-8-21(22)25-23(33)10-11-24-26(25)32-27(18-12-28-16-29-13-18)34(24)20-14-30-17-31-15-20/h4*1-17H. The van der Waals surface area contributed by atoms with Crippen LogP contribution >= 0.6 is 0 Å². The van der Waals surface area contributed by atoms with E-state index in [4.69, 9.17) is 19.9 Å². The van der Waals surface area contributed by atoms with E-state index in [0.29, 0.717) is 0 Å². The molecular weight excluding hydrogens is 1690 g/mol. The fourth-order valence-corrected chi connectivity index (χ4v) is 18.9. The van der Waals surface area contributed by atoms with Gasteiger partial charge in [-0.25, -0.2) is 99.7 Å². The van der Waals surface area contributed by atoms with Gasteiger partial charge in [0.15, 0.2) is 0 Å². The van der Waals surface area contributed by atoms with Crippen molar-refractivity contribution in [3.05, 3.63) is 417 Å². The predicted molar refractivity (Wildman–Crippen MR) is 528 cm³/mol. The molecule has 28 heteroatoms. The minimum Gasteiger partial charge on any atom is -0.309 e. The van der Waals surface area contributed by atoms with E-state index in [1.807, 2.05) is 24.3 Å². The predicted octanol–water partition coefficient (Wildman–Crippen LogP) is 21.5. The molecule has 12 aromatic carbocycles. The highest BCUT2D eigenvalue weighted by Gasteiger charge is 2.28. The average Bonchev–Trinajstić information content (AvgIpc) is 1.57. The van der Waals surface area contributed by atoms with Gasteiger partial charge in [0, 0.05) is 115 Å². The minimum absolute atomic E-state index is 0.745. The van der Waals surface area contributed by atoms with Crippen LogP contribution in [0.5, 0.6) is 0 Å². The smallest absolute Gasteiger partial charge is 0.148 e. The van der Waals surface area contributed by atoms with Gasteiger partial charge in [-0.15, -0.1) is 0 Å². The van der Waals surface area contributed by atoms with Gasteiger partial charge < -0.3 is 18.3 Å². The van der Waals surface area contributed by atoms with E-state index in [9.17, 15) is 0 Å². The molecule has 0 fully saturated rings. The Morgan fingerprint density at radius 2 is 0.301 bits per heavy atom. The summed E-state index contributed by atoms with van der Waals surface area (Å²) < 4.78 is 17.5. The molecule has 0 saturated carbocycles. The first kappa shape index (κ1) is 78.6. The number of hydrogen-bond acceptors (Lipinski definition) is 20. The van der Waals surface area contributed by atoms with Crippen molar-refractivity contribution in [3.8, 4) is 91.1 Å². The molecule has 0 aliphatic heterocycles. The highest BCUT2D eigenvalue weighted by atomic mass is 15.2. The maximum Gasteiger partial charge on any atom is 0.148 e. The summed E-state index contributed by atoms with van der Waals surface area (Å²) >= 11 is 0. The molecule has 0 unspecified atom stereocenters. The summed E-state index contributed by atoms with van der Waals surface area (Å²) in [5.74, 6) is 2.98. The van der Waals surface area contributed by atoms with Crippen LogP contribution in [0.2, 0.25) is 0 Å². The van der Waals surface area contributed by atoms with Crippen molar-refractivity contribution in [1.29, 1.82) is 0 Å². The number of para-hydroxylation sites is 8. The zero-order chi connectivity index (χ0) is 89.9. The normalized spacial score (nSPS) is 11.5. The Morgan fingerprint density at radius 3 is 0.500 bits per heavy atom. The Labute approximate surface area is 770 Å². The molecule has 28 rings (SSSR count). The molecular formula is C108H68N28. The van der Waals surface area contributed by atoms with Crippen LogP contribution in [-0.2, 0) is 0 Å². The molecule has 0 saturated heterocycles. The van der Waals surface area contributed by atoms with Gasteiger partial charge in [-0.3, -0.25) is 18.3 Å². The summed E-state index contributed by atoms with van der Waals surface area (Å²) in [7, 11) is 0. The van der Waals surface area contributed by atoms with Crippen LogP contribution in [0.3, 0.4) is 0 Å².